The van der Waals surface area contributed by atoms with Crippen molar-refractivity contribution in [3.8, 4) is 5.75 Å². The molecule has 0 fully saturated rings. The fourth-order valence-corrected chi connectivity index (χ4v) is 3.18. The standard InChI is InChI=1S/C21H19N3O3/c1-26-11-12-27-17-9-7-15(8-10-17)18-13-24(16-5-3-2-4-6-16)20-19(18)21(25)23-14-22-20/h2-10,13-14,19H,11-12H2,1H3. The van der Waals surface area contributed by atoms with Crippen molar-refractivity contribution < 1.29 is 14.3 Å². The van der Waals surface area contributed by atoms with Crippen LogP contribution in [-0.4, -0.2) is 38.4 Å². The Bertz CT molecular complexity index is 917. The van der Waals surface area contributed by atoms with Crippen LogP contribution in [0.5, 0.6) is 5.75 Å². The van der Waals surface area contributed by atoms with Gasteiger partial charge in [-0.1, -0.05) is 30.3 Å². The van der Waals surface area contributed by atoms with Gasteiger partial charge in [0, 0.05) is 19.0 Å². The molecule has 4 rings (SSSR count). The molecule has 6 nitrogen and oxygen atoms in total. The number of para-hydroxylation sites is 1. The summed E-state index contributed by atoms with van der Waals surface area (Å²) in [5.74, 6) is 0.744. The molecule has 2 aliphatic heterocycles. The fraction of sp³-hybridized carbons (Fsp3) is 0.190. The lowest BCUT2D eigenvalue weighted by Gasteiger charge is -2.20. The topological polar surface area (TPSA) is 63.5 Å². The van der Waals surface area contributed by atoms with Crippen LogP contribution in [0.15, 0.2) is 70.8 Å². The Morgan fingerprint density at radius 2 is 1.81 bits per heavy atom. The smallest absolute Gasteiger partial charge is 0.262 e. The molecule has 2 aromatic rings. The predicted molar refractivity (Wildman–Crippen MR) is 105 cm³/mol. The third-order valence-electron chi connectivity index (χ3n) is 4.48. The average molecular weight is 361 g/mol. The maximum Gasteiger partial charge on any atom is 0.262 e. The number of rotatable bonds is 6. The molecule has 0 radical (unpaired) electrons. The van der Waals surface area contributed by atoms with Crippen LogP contribution in [0.4, 0.5) is 5.69 Å². The number of hydrogen-bond donors (Lipinski definition) is 0. The Hall–Kier alpha value is -3.25. The highest BCUT2D eigenvalue weighted by molar-refractivity contribution is 6.26. The van der Waals surface area contributed by atoms with Gasteiger partial charge in [0.2, 0.25) is 0 Å². The van der Waals surface area contributed by atoms with E-state index in [0.29, 0.717) is 19.0 Å². The van der Waals surface area contributed by atoms with E-state index in [1.54, 1.807) is 7.11 Å². The molecule has 2 aliphatic rings. The zero-order chi connectivity index (χ0) is 18.6. The van der Waals surface area contributed by atoms with Crippen molar-refractivity contribution in [2.75, 3.05) is 25.2 Å². The van der Waals surface area contributed by atoms with Crippen molar-refractivity contribution >= 4 is 29.3 Å². The first-order valence-electron chi connectivity index (χ1n) is 8.70. The molecule has 136 valence electrons. The maximum atomic E-state index is 12.5. The second kappa shape index (κ2) is 7.55. The zero-order valence-electron chi connectivity index (χ0n) is 14.9. The molecular formula is C21H19N3O3. The van der Waals surface area contributed by atoms with E-state index in [4.69, 9.17) is 9.47 Å². The van der Waals surface area contributed by atoms with Gasteiger partial charge in [0.1, 0.15) is 30.4 Å². The van der Waals surface area contributed by atoms with E-state index < -0.39 is 5.92 Å². The number of carbonyl (C=O) groups excluding carboxylic acids is 1. The highest BCUT2D eigenvalue weighted by Gasteiger charge is 2.39. The molecule has 0 spiro atoms. The van der Waals surface area contributed by atoms with E-state index in [2.05, 4.69) is 9.98 Å². The van der Waals surface area contributed by atoms with Gasteiger partial charge < -0.3 is 14.4 Å². The summed E-state index contributed by atoms with van der Waals surface area (Å²) < 4.78 is 10.6. The van der Waals surface area contributed by atoms with Gasteiger partial charge in [-0.3, -0.25) is 4.79 Å². The largest absolute Gasteiger partial charge is 0.491 e. The normalized spacial score (nSPS) is 18.2. The Balaban J connectivity index is 1.65. The van der Waals surface area contributed by atoms with Crippen LogP contribution in [0.2, 0.25) is 0 Å². The number of ether oxygens (including phenoxy) is 2. The molecule has 27 heavy (non-hydrogen) atoms. The summed E-state index contributed by atoms with van der Waals surface area (Å²) in [5.41, 5.74) is 2.78. The number of anilines is 1. The van der Waals surface area contributed by atoms with Crippen LogP contribution in [0.25, 0.3) is 5.57 Å². The van der Waals surface area contributed by atoms with Crippen LogP contribution in [0, 0.1) is 5.92 Å². The van der Waals surface area contributed by atoms with Crippen molar-refractivity contribution in [1.82, 2.24) is 0 Å². The van der Waals surface area contributed by atoms with Crippen molar-refractivity contribution in [2.45, 2.75) is 0 Å². The first-order chi connectivity index (χ1) is 13.3. The third kappa shape index (κ3) is 3.39. The van der Waals surface area contributed by atoms with Gasteiger partial charge >= 0.3 is 0 Å². The molecule has 0 saturated heterocycles. The third-order valence-corrected chi connectivity index (χ3v) is 4.48. The average Bonchev–Trinajstić information content (AvgIpc) is 3.10. The summed E-state index contributed by atoms with van der Waals surface area (Å²) in [7, 11) is 1.64. The molecular weight excluding hydrogens is 342 g/mol. The van der Waals surface area contributed by atoms with Gasteiger partial charge in [-0.25, -0.2) is 9.98 Å². The van der Waals surface area contributed by atoms with E-state index in [1.165, 1.54) is 6.34 Å². The molecule has 1 amide bonds. The lowest BCUT2D eigenvalue weighted by atomic mass is 9.93. The predicted octanol–water partition coefficient (Wildman–Crippen LogP) is 3.16. The minimum Gasteiger partial charge on any atom is -0.491 e. The Morgan fingerprint density at radius 1 is 1.04 bits per heavy atom. The number of amidine groups is 1. The Labute approximate surface area is 157 Å². The minimum atomic E-state index is -0.490. The van der Waals surface area contributed by atoms with Crippen LogP contribution < -0.4 is 9.64 Å². The summed E-state index contributed by atoms with van der Waals surface area (Å²) in [6.45, 7) is 1.03. The number of fused-ring (bicyclic) bond motifs is 1. The number of carbonyl (C=O) groups is 1. The quantitative estimate of drug-likeness (QED) is 0.742. The molecule has 0 aromatic heterocycles. The van der Waals surface area contributed by atoms with E-state index >= 15 is 0 Å². The molecule has 1 unspecified atom stereocenters. The molecule has 1 atom stereocenters. The van der Waals surface area contributed by atoms with Crippen LogP contribution in [0.3, 0.4) is 0 Å². The molecule has 2 heterocycles. The van der Waals surface area contributed by atoms with Gasteiger partial charge in [0.05, 0.1) is 6.61 Å². The lowest BCUT2D eigenvalue weighted by molar-refractivity contribution is -0.118. The number of methoxy groups -OCH3 is 1. The van der Waals surface area contributed by atoms with Crippen LogP contribution in [-0.2, 0) is 9.53 Å². The number of amides is 1. The van der Waals surface area contributed by atoms with E-state index in [9.17, 15) is 4.79 Å². The summed E-state index contributed by atoms with van der Waals surface area (Å²) in [6, 6.07) is 17.5. The van der Waals surface area contributed by atoms with Crippen molar-refractivity contribution in [3.05, 3.63) is 66.4 Å². The summed E-state index contributed by atoms with van der Waals surface area (Å²) >= 11 is 0. The Kier molecular flexibility index (Phi) is 4.80. The fourth-order valence-electron chi connectivity index (χ4n) is 3.18. The zero-order valence-corrected chi connectivity index (χ0v) is 14.9. The Morgan fingerprint density at radius 3 is 2.56 bits per heavy atom. The van der Waals surface area contributed by atoms with Gasteiger partial charge in [-0.2, -0.15) is 0 Å². The highest BCUT2D eigenvalue weighted by Crippen LogP contribution is 2.37. The second-order valence-electron chi connectivity index (χ2n) is 6.16. The number of nitrogens with zero attached hydrogens (tertiary/aromatic N) is 3. The molecule has 2 aromatic carbocycles. The highest BCUT2D eigenvalue weighted by atomic mass is 16.5. The van der Waals surface area contributed by atoms with E-state index in [1.807, 2.05) is 65.7 Å². The van der Waals surface area contributed by atoms with Crippen LogP contribution >= 0.6 is 0 Å². The number of benzene rings is 2. The summed E-state index contributed by atoms with van der Waals surface area (Å²) in [4.78, 5) is 22.7. The van der Waals surface area contributed by atoms with Gasteiger partial charge in [0.15, 0.2) is 0 Å². The summed E-state index contributed by atoms with van der Waals surface area (Å²) in [6.07, 6.45) is 3.29. The maximum absolute atomic E-state index is 12.5. The second-order valence-corrected chi connectivity index (χ2v) is 6.16. The summed E-state index contributed by atoms with van der Waals surface area (Å²) in [5, 5.41) is 0. The van der Waals surface area contributed by atoms with Crippen LogP contribution in [0.1, 0.15) is 5.56 Å². The minimum absolute atomic E-state index is 0.204. The van der Waals surface area contributed by atoms with Gasteiger partial charge in [0.25, 0.3) is 5.91 Å². The van der Waals surface area contributed by atoms with Gasteiger partial charge in [-0.05, 0) is 35.4 Å². The molecule has 0 N–H and O–H groups in total. The molecule has 0 saturated carbocycles. The SMILES string of the molecule is COCCOc1ccc(C2=CN(c3ccccc3)C3=NC=NC(=O)C23)cc1. The lowest BCUT2D eigenvalue weighted by Crippen LogP contribution is -2.32. The first kappa shape index (κ1) is 17.2. The molecule has 0 bridgehead atoms. The number of hydrogen-bond acceptors (Lipinski definition) is 5. The van der Waals surface area contributed by atoms with Gasteiger partial charge in [-0.15, -0.1) is 0 Å². The molecule has 0 aliphatic carbocycles. The first-order valence-corrected chi connectivity index (χ1v) is 8.70. The monoisotopic (exact) mass is 361 g/mol. The molecule has 6 heteroatoms. The van der Waals surface area contributed by atoms with E-state index in [0.717, 1.165) is 22.6 Å². The van der Waals surface area contributed by atoms with Crippen molar-refractivity contribution in [3.63, 3.8) is 0 Å². The van der Waals surface area contributed by atoms with Crippen molar-refractivity contribution in [2.24, 2.45) is 15.9 Å². The van der Waals surface area contributed by atoms with Crippen molar-refractivity contribution in [1.29, 1.82) is 0 Å². The van der Waals surface area contributed by atoms with E-state index in [-0.39, 0.29) is 5.91 Å². The number of aliphatic imine (C=N–C) groups is 2.